The lowest BCUT2D eigenvalue weighted by Gasteiger charge is -2.33. The number of ether oxygens (including phenoxy) is 1. The Kier molecular flexibility index (Phi) is 5.11. The number of rotatable bonds is 3. The molecule has 2 nitrogen and oxygen atoms in total. The van der Waals surface area contributed by atoms with Crippen molar-refractivity contribution in [2.75, 3.05) is 0 Å². The molecular weight excluding hydrogens is 366 g/mol. The molecule has 3 aromatic rings. The third-order valence-electron chi connectivity index (χ3n) is 5.60. The third-order valence-corrected chi connectivity index (χ3v) is 5.60. The molecule has 0 saturated heterocycles. The summed E-state index contributed by atoms with van der Waals surface area (Å²) in [5.74, 6) is 0.839. The fraction of sp³-hybridized carbons (Fsp3) is 0.250. The number of allylic oxidation sites excluding steroid dienone is 1. The van der Waals surface area contributed by atoms with Crippen molar-refractivity contribution in [3.63, 3.8) is 0 Å². The summed E-state index contributed by atoms with van der Waals surface area (Å²) >= 11 is 0. The number of nitrogens with zero attached hydrogens (tertiary/aromatic N) is 1. The molecule has 152 valence electrons. The van der Waals surface area contributed by atoms with E-state index in [0.29, 0.717) is 0 Å². The molecule has 0 bridgehead atoms. The Morgan fingerprint density at radius 3 is 2.00 bits per heavy atom. The molecule has 0 radical (unpaired) electrons. The van der Waals surface area contributed by atoms with E-state index in [2.05, 4.69) is 88.4 Å². The first kappa shape index (κ1) is 20.2. The van der Waals surface area contributed by atoms with Gasteiger partial charge >= 0.3 is 0 Å². The van der Waals surface area contributed by atoms with Gasteiger partial charge in [0, 0.05) is 24.1 Å². The van der Waals surface area contributed by atoms with Gasteiger partial charge in [-0.2, -0.15) is 0 Å². The molecule has 1 aliphatic rings. The fourth-order valence-electron chi connectivity index (χ4n) is 3.67. The second-order valence-corrected chi connectivity index (χ2v) is 9.15. The Balaban J connectivity index is 1.80. The number of benzene rings is 3. The van der Waals surface area contributed by atoms with Gasteiger partial charge in [-0.1, -0.05) is 105 Å². The number of aryl methyl sites for hydroxylation is 1. The maximum Gasteiger partial charge on any atom is 0.224 e. The quantitative estimate of drug-likeness (QED) is 0.467. The first-order chi connectivity index (χ1) is 14.2. The van der Waals surface area contributed by atoms with Gasteiger partial charge < -0.3 is 4.74 Å². The minimum Gasteiger partial charge on any atom is -0.462 e. The van der Waals surface area contributed by atoms with Crippen LogP contribution in [-0.4, -0.2) is 5.71 Å². The van der Waals surface area contributed by atoms with Crippen LogP contribution in [0.1, 0.15) is 55.5 Å². The highest BCUT2D eigenvalue weighted by molar-refractivity contribution is 6.12. The SMILES string of the molecule is Cc1ccc(C2=CC(c3ccccc3)=NC(C)(c3ccc(C(C)(C)C)cc3)O2)cc1. The summed E-state index contributed by atoms with van der Waals surface area (Å²) in [7, 11) is 0. The van der Waals surface area contributed by atoms with Crippen LogP contribution < -0.4 is 0 Å². The van der Waals surface area contributed by atoms with E-state index in [0.717, 1.165) is 28.2 Å². The van der Waals surface area contributed by atoms with Crippen molar-refractivity contribution < 1.29 is 4.74 Å². The third kappa shape index (κ3) is 4.09. The first-order valence-electron chi connectivity index (χ1n) is 10.5. The molecular formula is C28H29NO. The lowest BCUT2D eigenvalue weighted by molar-refractivity contribution is 0.0620. The monoisotopic (exact) mass is 395 g/mol. The molecule has 0 spiro atoms. The van der Waals surface area contributed by atoms with E-state index in [9.17, 15) is 0 Å². The average Bonchev–Trinajstić information content (AvgIpc) is 2.74. The second kappa shape index (κ2) is 7.60. The Morgan fingerprint density at radius 1 is 0.767 bits per heavy atom. The van der Waals surface area contributed by atoms with Crippen LogP contribution in [0.15, 0.2) is 89.9 Å². The van der Waals surface area contributed by atoms with Crippen LogP contribution in [0.25, 0.3) is 5.76 Å². The second-order valence-electron chi connectivity index (χ2n) is 9.15. The number of hydrogen-bond donors (Lipinski definition) is 0. The van der Waals surface area contributed by atoms with Crippen molar-refractivity contribution in [1.82, 2.24) is 0 Å². The van der Waals surface area contributed by atoms with E-state index in [1.807, 2.05) is 31.2 Å². The lowest BCUT2D eigenvalue weighted by atomic mass is 9.86. The number of hydrogen-bond acceptors (Lipinski definition) is 2. The highest BCUT2D eigenvalue weighted by Crippen LogP contribution is 2.38. The van der Waals surface area contributed by atoms with Gasteiger partial charge in [0.15, 0.2) is 0 Å². The first-order valence-corrected chi connectivity index (χ1v) is 10.5. The van der Waals surface area contributed by atoms with E-state index >= 15 is 0 Å². The summed E-state index contributed by atoms with van der Waals surface area (Å²) in [6.07, 6.45) is 2.05. The summed E-state index contributed by atoms with van der Waals surface area (Å²) in [6, 6.07) is 27.4. The van der Waals surface area contributed by atoms with E-state index in [1.54, 1.807) is 0 Å². The van der Waals surface area contributed by atoms with Gasteiger partial charge in [0.25, 0.3) is 0 Å². The molecule has 1 heterocycles. The van der Waals surface area contributed by atoms with Crippen molar-refractivity contribution in [1.29, 1.82) is 0 Å². The minimum atomic E-state index is -0.795. The zero-order valence-corrected chi connectivity index (χ0v) is 18.4. The van der Waals surface area contributed by atoms with Crippen LogP contribution in [0, 0.1) is 6.92 Å². The zero-order chi connectivity index (χ0) is 21.4. The Labute approximate surface area is 180 Å². The smallest absolute Gasteiger partial charge is 0.224 e. The van der Waals surface area contributed by atoms with Crippen LogP contribution in [0.5, 0.6) is 0 Å². The van der Waals surface area contributed by atoms with Crippen molar-refractivity contribution in [2.45, 2.75) is 45.8 Å². The van der Waals surface area contributed by atoms with Gasteiger partial charge in [-0.05, 0) is 23.5 Å². The summed E-state index contributed by atoms with van der Waals surface area (Å²) in [6.45, 7) is 10.8. The van der Waals surface area contributed by atoms with Crippen molar-refractivity contribution in [3.8, 4) is 0 Å². The van der Waals surface area contributed by atoms with Crippen molar-refractivity contribution in [2.24, 2.45) is 4.99 Å². The van der Waals surface area contributed by atoms with Gasteiger partial charge in [0.2, 0.25) is 5.72 Å². The topological polar surface area (TPSA) is 21.6 Å². The standard InChI is InChI=1S/C28H29NO/c1-20-11-13-22(14-12-20)26-19-25(21-9-7-6-8-10-21)29-28(5,30-26)24-17-15-23(16-18-24)27(2,3)4/h6-19H,1-5H3. The molecule has 0 amide bonds. The van der Waals surface area contributed by atoms with Crippen LogP contribution in [-0.2, 0) is 15.9 Å². The molecule has 1 aliphatic heterocycles. The summed E-state index contributed by atoms with van der Waals surface area (Å²) in [4.78, 5) is 5.06. The molecule has 4 rings (SSSR count). The lowest BCUT2D eigenvalue weighted by Crippen LogP contribution is -2.28. The summed E-state index contributed by atoms with van der Waals surface area (Å²) < 4.78 is 6.54. The van der Waals surface area contributed by atoms with Gasteiger partial charge in [0.1, 0.15) is 5.76 Å². The largest absolute Gasteiger partial charge is 0.462 e. The predicted octanol–water partition coefficient (Wildman–Crippen LogP) is 7.03. The minimum absolute atomic E-state index is 0.109. The van der Waals surface area contributed by atoms with Crippen LogP contribution in [0.4, 0.5) is 0 Å². The average molecular weight is 396 g/mol. The fourth-order valence-corrected chi connectivity index (χ4v) is 3.67. The van der Waals surface area contributed by atoms with Crippen LogP contribution in [0.3, 0.4) is 0 Å². The van der Waals surface area contributed by atoms with Crippen molar-refractivity contribution >= 4 is 11.5 Å². The highest BCUT2D eigenvalue weighted by atomic mass is 16.5. The van der Waals surface area contributed by atoms with Gasteiger partial charge in [-0.25, -0.2) is 4.99 Å². The summed E-state index contributed by atoms with van der Waals surface area (Å²) in [5.41, 5.74) is 5.96. The maximum absolute atomic E-state index is 6.54. The number of aliphatic imine (C=N–C) groups is 1. The molecule has 30 heavy (non-hydrogen) atoms. The van der Waals surface area contributed by atoms with E-state index in [4.69, 9.17) is 9.73 Å². The van der Waals surface area contributed by atoms with Crippen LogP contribution >= 0.6 is 0 Å². The van der Waals surface area contributed by atoms with E-state index in [-0.39, 0.29) is 5.41 Å². The molecule has 0 saturated carbocycles. The highest BCUT2D eigenvalue weighted by Gasteiger charge is 2.33. The molecule has 1 atom stereocenters. The zero-order valence-electron chi connectivity index (χ0n) is 18.4. The summed E-state index contributed by atoms with van der Waals surface area (Å²) in [5, 5.41) is 0. The predicted molar refractivity (Wildman–Crippen MR) is 126 cm³/mol. The van der Waals surface area contributed by atoms with E-state index < -0.39 is 5.72 Å². The van der Waals surface area contributed by atoms with Crippen LogP contribution in [0.2, 0.25) is 0 Å². The Morgan fingerprint density at radius 2 is 1.40 bits per heavy atom. The normalized spacial score (nSPS) is 19.0. The maximum atomic E-state index is 6.54. The molecule has 0 N–H and O–H groups in total. The molecule has 1 unspecified atom stereocenters. The molecule has 0 aromatic heterocycles. The Hall–Kier alpha value is -3.13. The van der Waals surface area contributed by atoms with E-state index in [1.165, 1.54) is 11.1 Å². The molecule has 3 aromatic carbocycles. The molecule has 2 heteroatoms. The van der Waals surface area contributed by atoms with Gasteiger partial charge in [-0.15, -0.1) is 0 Å². The van der Waals surface area contributed by atoms with Crippen molar-refractivity contribution in [3.05, 3.63) is 113 Å². The molecule has 0 aliphatic carbocycles. The Bertz CT molecular complexity index is 1080. The van der Waals surface area contributed by atoms with Gasteiger partial charge in [-0.3, -0.25) is 0 Å². The molecule has 0 fully saturated rings. The van der Waals surface area contributed by atoms with Gasteiger partial charge in [0.05, 0.1) is 5.71 Å².